The van der Waals surface area contributed by atoms with Crippen molar-refractivity contribution in [3.63, 3.8) is 0 Å². The van der Waals surface area contributed by atoms with E-state index in [1.54, 1.807) is 12.1 Å². The fraction of sp³-hybridized carbons (Fsp3) is 0.125. The van der Waals surface area contributed by atoms with Gasteiger partial charge in [0.2, 0.25) is 0 Å². The molecule has 0 spiro atoms. The maximum atomic E-state index is 12.1. The largest absolute Gasteiger partial charge is 0.465 e. The second kappa shape index (κ2) is 8.44. The van der Waals surface area contributed by atoms with Crippen LogP contribution in [0.2, 0.25) is 5.02 Å². The smallest absolute Gasteiger partial charge is 0.338 e. The van der Waals surface area contributed by atoms with E-state index in [1.807, 2.05) is 18.2 Å². The first-order valence-corrected chi connectivity index (χ1v) is 10.4. The van der Waals surface area contributed by atoms with Crippen molar-refractivity contribution in [1.29, 1.82) is 0 Å². The van der Waals surface area contributed by atoms with Crippen LogP contribution in [-0.2, 0) is 17.7 Å². The van der Waals surface area contributed by atoms with Crippen molar-refractivity contribution in [2.45, 2.75) is 13.0 Å². The Morgan fingerprint density at radius 2 is 1.90 bits per heavy atom. The number of carbonyl (C=O) groups is 1. The maximum Gasteiger partial charge on any atom is 0.338 e. The molecule has 3 nitrogen and oxygen atoms in total. The van der Waals surface area contributed by atoms with E-state index in [-0.39, 0.29) is 5.97 Å². The summed E-state index contributed by atoms with van der Waals surface area (Å²) >= 11 is 9.60. The van der Waals surface area contributed by atoms with E-state index in [0.29, 0.717) is 17.0 Å². The van der Waals surface area contributed by atoms with Crippen LogP contribution in [0.15, 0.2) is 77.4 Å². The van der Waals surface area contributed by atoms with Gasteiger partial charge in [-0.3, -0.25) is 0 Å². The van der Waals surface area contributed by atoms with Crippen LogP contribution in [0.4, 0.5) is 0 Å². The minimum absolute atomic E-state index is 0.372. The molecule has 4 rings (SSSR count). The average molecular weight is 469 g/mol. The van der Waals surface area contributed by atoms with Gasteiger partial charge >= 0.3 is 5.97 Å². The Morgan fingerprint density at radius 3 is 2.69 bits per heavy atom. The van der Waals surface area contributed by atoms with E-state index >= 15 is 0 Å². The van der Waals surface area contributed by atoms with Crippen molar-refractivity contribution < 1.29 is 9.53 Å². The average Bonchev–Trinajstić information content (AvgIpc) is 3.10. The highest BCUT2D eigenvalue weighted by Gasteiger charge is 2.13. The van der Waals surface area contributed by atoms with Crippen LogP contribution in [0.25, 0.3) is 10.9 Å². The topological polar surface area (TPSA) is 31.2 Å². The van der Waals surface area contributed by atoms with Crippen LogP contribution in [0.3, 0.4) is 0 Å². The van der Waals surface area contributed by atoms with Gasteiger partial charge in [-0.05, 0) is 71.0 Å². The van der Waals surface area contributed by atoms with Gasteiger partial charge in [-0.15, -0.1) is 0 Å². The third-order valence-electron chi connectivity index (χ3n) is 4.95. The van der Waals surface area contributed by atoms with E-state index in [1.165, 1.54) is 23.6 Å². The number of ether oxygens (including phenoxy) is 1. The summed E-state index contributed by atoms with van der Waals surface area (Å²) in [7, 11) is 1.38. The zero-order chi connectivity index (χ0) is 20.4. The Hall–Kier alpha value is -2.56. The van der Waals surface area contributed by atoms with Crippen LogP contribution < -0.4 is 0 Å². The Labute approximate surface area is 183 Å². The molecule has 146 valence electrons. The van der Waals surface area contributed by atoms with Gasteiger partial charge in [-0.25, -0.2) is 4.79 Å². The normalized spacial score (nSPS) is 11.0. The number of fused-ring (bicyclic) bond motifs is 1. The Balaban J connectivity index is 1.62. The lowest BCUT2D eigenvalue weighted by molar-refractivity contribution is 0.0599. The van der Waals surface area contributed by atoms with Crippen molar-refractivity contribution in [2.24, 2.45) is 0 Å². The molecule has 0 saturated heterocycles. The molecule has 0 fully saturated rings. The van der Waals surface area contributed by atoms with Crippen molar-refractivity contribution in [3.05, 3.63) is 105 Å². The molecule has 0 unspecified atom stereocenters. The Bertz CT molecular complexity index is 1200. The fourth-order valence-electron chi connectivity index (χ4n) is 3.55. The number of hydrogen-bond donors (Lipinski definition) is 0. The third-order valence-corrected chi connectivity index (χ3v) is 5.68. The van der Waals surface area contributed by atoms with Crippen LogP contribution >= 0.6 is 27.5 Å². The number of rotatable bonds is 5. The summed E-state index contributed by atoms with van der Waals surface area (Å²) in [6.07, 6.45) is 2.74. The van der Waals surface area contributed by atoms with Crippen molar-refractivity contribution in [3.8, 4) is 0 Å². The van der Waals surface area contributed by atoms with Gasteiger partial charge in [0.25, 0.3) is 0 Å². The molecule has 1 heterocycles. The fourth-order valence-corrected chi connectivity index (χ4v) is 4.17. The zero-order valence-electron chi connectivity index (χ0n) is 15.9. The highest BCUT2D eigenvalue weighted by molar-refractivity contribution is 9.10. The summed E-state index contributed by atoms with van der Waals surface area (Å²) in [5.41, 5.74) is 4.95. The van der Waals surface area contributed by atoms with Gasteiger partial charge in [0.05, 0.1) is 12.7 Å². The van der Waals surface area contributed by atoms with E-state index in [0.717, 1.165) is 22.1 Å². The first-order chi connectivity index (χ1) is 14.0. The number of methoxy groups -OCH3 is 1. The standard InChI is InChI=1S/C24H19BrClNO2/c1-29-24(28)22-14-21(26)7-6-18(22)11-16-5-8-23-19(12-16)9-10-27(23)15-17-3-2-4-20(25)13-17/h2-10,12-14H,11,15H2,1H3. The molecule has 0 N–H and O–H groups in total. The van der Waals surface area contributed by atoms with Gasteiger partial charge in [0.1, 0.15) is 0 Å². The van der Waals surface area contributed by atoms with E-state index in [4.69, 9.17) is 16.3 Å². The number of hydrogen-bond acceptors (Lipinski definition) is 2. The van der Waals surface area contributed by atoms with Crippen LogP contribution in [-0.4, -0.2) is 17.6 Å². The molecule has 0 amide bonds. The van der Waals surface area contributed by atoms with E-state index in [9.17, 15) is 4.79 Å². The molecule has 0 saturated carbocycles. The zero-order valence-corrected chi connectivity index (χ0v) is 18.2. The predicted octanol–water partition coefficient (Wildman–Crippen LogP) is 6.48. The van der Waals surface area contributed by atoms with Crippen LogP contribution in [0, 0.1) is 0 Å². The maximum absolute atomic E-state index is 12.1. The first-order valence-electron chi connectivity index (χ1n) is 9.22. The summed E-state index contributed by atoms with van der Waals surface area (Å²) < 4.78 is 8.22. The molecule has 0 aliphatic carbocycles. The molecule has 0 aliphatic heterocycles. The predicted molar refractivity (Wildman–Crippen MR) is 121 cm³/mol. The van der Waals surface area contributed by atoms with Gasteiger partial charge in [-0.1, -0.05) is 51.8 Å². The quantitative estimate of drug-likeness (QED) is 0.314. The van der Waals surface area contributed by atoms with Gasteiger partial charge in [-0.2, -0.15) is 0 Å². The van der Waals surface area contributed by atoms with Crippen molar-refractivity contribution >= 4 is 44.4 Å². The van der Waals surface area contributed by atoms with Gasteiger partial charge in [0, 0.05) is 27.8 Å². The molecule has 4 aromatic rings. The number of aromatic nitrogens is 1. The second-order valence-electron chi connectivity index (χ2n) is 6.94. The minimum Gasteiger partial charge on any atom is -0.465 e. The number of halogens is 2. The number of nitrogens with zero attached hydrogens (tertiary/aromatic N) is 1. The van der Waals surface area contributed by atoms with Crippen molar-refractivity contribution in [1.82, 2.24) is 4.57 Å². The lowest BCUT2D eigenvalue weighted by atomic mass is 9.99. The number of benzene rings is 3. The minimum atomic E-state index is -0.372. The molecule has 0 radical (unpaired) electrons. The lowest BCUT2D eigenvalue weighted by Gasteiger charge is -2.10. The summed E-state index contributed by atoms with van der Waals surface area (Å²) in [5, 5.41) is 1.69. The third kappa shape index (κ3) is 4.39. The molecular weight excluding hydrogens is 450 g/mol. The number of carbonyl (C=O) groups excluding carboxylic acids is 1. The monoisotopic (exact) mass is 467 g/mol. The second-order valence-corrected chi connectivity index (χ2v) is 8.29. The van der Waals surface area contributed by atoms with Crippen molar-refractivity contribution in [2.75, 3.05) is 7.11 Å². The lowest BCUT2D eigenvalue weighted by Crippen LogP contribution is -2.06. The Kier molecular flexibility index (Phi) is 5.74. The van der Waals surface area contributed by atoms with Crippen LogP contribution in [0.5, 0.6) is 0 Å². The summed E-state index contributed by atoms with van der Waals surface area (Å²) in [6.45, 7) is 0.811. The Morgan fingerprint density at radius 1 is 1.03 bits per heavy atom. The number of esters is 1. The SMILES string of the molecule is COC(=O)c1cc(Cl)ccc1Cc1ccc2c(ccn2Cc2cccc(Br)c2)c1. The summed E-state index contributed by atoms with van der Waals surface area (Å²) in [4.78, 5) is 12.1. The molecule has 0 bridgehead atoms. The van der Waals surface area contributed by atoms with E-state index < -0.39 is 0 Å². The molecular formula is C24H19BrClNO2. The van der Waals surface area contributed by atoms with Gasteiger partial charge in [0.15, 0.2) is 0 Å². The van der Waals surface area contributed by atoms with Gasteiger partial charge < -0.3 is 9.30 Å². The summed E-state index contributed by atoms with van der Waals surface area (Å²) in [5.74, 6) is -0.372. The molecule has 0 atom stereocenters. The molecule has 0 aliphatic rings. The van der Waals surface area contributed by atoms with E-state index in [2.05, 4.69) is 63.1 Å². The summed E-state index contributed by atoms with van der Waals surface area (Å²) in [6, 6.07) is 22.2. The first kappa shape index (κ1) is 19.7. The highest BCUT2D eigenvalue weighted by atomic mass is 79.9. The molecule has 3 aromatic carbocycles. The highest BCUT2D eigenvalue weighted by Crippen LogP contribution is 2.24. The molecule has 1 aromatic heterocycles. The molecule has 29 heavy (non-hydrogen) atoms. The molecule has 5 heteroatoms. The van der Waals surface area contributed by atoms with Crippen LogP contribution in [0.1, 0.15) is 27.0 Å².